The monoisotopic (exact) mass is 330 g/mol. The van der Waals surface area contributed by atoms with Crippen molar-refractivity contribution in [3.05, 3.63) is 12.2 Å². The van der Waals surface area contributed by atoms with E-state index in [0.29, 0.717) is 35.4 Å². The number of Topliss-reactive ketones (excluding diaryl/α,β-unsaturated/α-hetero) is 1. The van der Waals surface area contributed by atoms with Crippen molar-refractivity contribution in [2.24, 2.45) is 40.4 Å². The standard InChI is InChI=1S/C22H34O2/c1-13(2)17-7-8-18-16-6-5-14-11-15(23)9-10-21(14,3)19(16)12-20(24)22(17,18)4/h14-19,23H,1,5-12H2,2-4H3/t14-,15+,16?,17+,18?,19?,21-,22+/m0/s1. The maximum atomic E-state index is 13.4. The second kappa shape index (κ2) is 5.43. The van der Waals surface area contributed by atoms with Crippen LogP contribution in [-0.4, -0.2) is 17.0 Å². The number of aliphatic hydroxyl groups is 1. The summed E-state index contributed by atoms with van der Waals surface area (Å²) in [5, 5.41) is 10.1. The summed E-state index contributed by atoms with van der Waals surface area (Å²) in [6.07, 6.45) is 8.58. The molecule has 4 aliphatic rings. The van der Waals surface area contributed by atoms with Gasteiger partial charge in [0.2, 0.25) is 0 Å². The van der Waals surface area contributed by atoms with Gasteiger partial charge in [-0.05, 0) is 86.9 Å². The van der Waals surface area contributed by atoms with Gasteiger partial charge in [0.25, 0.3) is 0 Å². The zero-order chi connectivity index (χ0) is 17.3. The summed E-state index contributed by atoms with van der Waals surface area (Å²) < 4.78 is 0. The van der Waals surface area contributed by atoms with Gasteiger partial charge >= 0.3 is 0 Å². The number of hydrogen-bond acceptors (Lipinski definition) is 2. The van der Waals surface area contributed by atoms with Gasteiger partial charge in [0.05, 0.1) is 6.10 Å². The van der Waals surface area contributed by atoms with E-state index in [1.54, 1.807) is 0 Å². The number of allylic oxidation sites excluding steroid dienone is 1. The van der Waals surface area contributed by atoms with E-state index in [1.165, 1.54) is 24.8 Å². The van der Waals surface area contributed by atoms with E-state index in [9.17, 15) is 9.90 Å². The van der Waals surface area contributed by atoms with Crippen molar-refractivity contribution in [1.29, 1.82) is 0 Å². The molecule has 134 valence electrons. The van der Waals surface area contributed by atoms with Crippen molar-refractivity contribution in [2.45, 2.75) is 78.2 Å². The van der Waals surface area contributed by atoms with Crippen molar-refractivity contribution < 1.29 is 9.90 Å². The lowest BCUT2D eigenvalue weighted by molar-refractivity contribution is -0.158. The zero-order valence-corrected chi connectivity index (χ0v) is 15.7. The summed E-state index contributed by atoms with van der Waals surface area (Å²) in [6.45, 7) is 11.1. The van der Waals surface area contributed by atoms with Crippen LogP contribution in [0, 0.1) is 40.4 Å². The predicted octanol–water partition coefficient (Wildman–Crippen LogP) is 4.76. The molecule has 8 atom stereocenters. The quantitative estimate of drug-likeness (QED) is 0.704. The van der Waals surface area contributed by atoms with Crippen molar-refractivity contribution in [1.82, 2.24) is 0 Å². The molecule has 24 heavy (non-hydrogen) atoms. The average Bonchev–Trinajstić information content (AvgIpc) is 2.88. The minimum atomic E-state index is -0.148. The van der Waals surface area contributed by atoms with Crippen molar-refractivity contribution in [2.75, 3.05) is 0 Å². The Balaban J connectivity index is 1.68. The van der Waals surface area contributed by atoms with Crippen LogP contribution in [0.15, 0.2) is 12.2 Å². The van der Waals surface area contributed by atoms with Crippen molar-refractivity contribution in [3.8, 4) is 0 Å². The van der Waals surface area contributed by atoms with Crippen LogP contribution in [0.25, 0.3) is 0 Å². The van der Waals surface area contributed by atoms with Gasteiger partial charge in [0, 0.05) is 11.8 Å². The summed E-state index contributed by atoms with van der Waals surface area (Å²) in [4.78, 5) is 13.4. The number of fused-ring (bicyclic) bond motifs is 5. The number of carbonyl (C=O) groups is 1. The molecule has 2 nitrogen and oxygen atoms in total. The molecule has 0 bridgehead atoms. The van der Waals surface area contributed by atoms with Crippen LogP contribution < -0.4 is 0 Å². The van der Waals surface area contributed by atoms with Gasteiger partial charge in [-0.15, -0.1) is 0 Å². The van der Waals surface area contributed by atoms with E-state index < -0.39 is 0 Å². The topological polar surface area (TPSA) is 37.3 Å². The van der Waals surface area contributed by atoms with E-state index in [1.807, 2.05) is 0 Å². The molecule has 4 aliphatic carbocycles. The maximum Gasteiger partial charge on any atom is 0.139 e. The molecule has 4 saturated carbocycles. The fraction of sp³-hybridized carbons (Fsp3) is 0.864. The molecular formula is C22H34O2. The summed E-state index contributed by atoms with van der Waals surface area (Å²) in [6, 6.07) is 0. The molecule has 0 radical (unpaired) electrons. The smallest absolute Gasteiger partial charge is 0.139 e. The van der Waals surface area contributed by atoms with Gasteiger partial charge in [-0.3, -0.25) is 4.79 Å². The maximum absolute atomic E-state index is 13.4. The Labute approximate surface area is 147 Å². The van der Waals surface area contributed by atoms with Gasteiger partial charge in [-0.2, -0.15) is 0 Å². The molecule has 0 spiro atoms. The molecule has 2 heteroatoms. The van der Waals surface area contributed by atoms with E-state index in [0.717, 1.165) is 32.1 Å². The first-order chi connectivity index (χ1) is 11.3. The van der Waals surface area contributed by atoms with Crippen LogP contribution in [0.4, 0.5) is 0 Å². The molecule has 4 fully saturated rings. The molecule has 0 aromatic rings. The van der Waals surface area contributed by atoms with Crippen molar-refractivity contribution in [3.63, 3.8) is 0 Å². The zero-order valence-electron chi connectivity index (χ0n) is 15.7. The van der Waals surface area contributed by atoms with Gasteiger partial charge in [0.15, 0.2) is 0 Å². The Morgan fingerprint density at radius 2 is 1.88 bits per heavy atom. The highest BCUT2D eigenvalue weighted by Gasteiger charge is 2.63. The molecule has 0 aromatic carbocycles. The average molecular weight is 331 g/mol. The highest BCUT2D eigenvalue weighted by Crippen LogP contribution is 2.67. The molecule has 1 N–H and O–H groups in total. The number of rotatable bonds is 1. The van der Waals surface area contributed by atoms with E-state index in [2.05, 4.69) is 27.4 Å². The van der Waals surface area contributed by atoms with Crippen LogP contribution in [0.3, 0.4) is 0 Å². The molecule has 0 aromatic heterocycles. The van der Waals surface area contributed by atoms with Gasteiger partial charge < -0.3 is 5.11 Å². The number of carbonyl (C=O) groups excluding carboxylic acids is 1. The second-order valence-electron chi connectivity index (χ2n) is 9.97. The SMILES string of the molecule is C=C(C)[C@H]1CCC2C3CC[C@H]4C[C@H](O)CC[C@]4(C)C3CC(=O)[C@@]21C. The first kappa shape index (κ1) is 16.8. The lowest BCUT2D eigenvalue weighted by Crippen LogP contribution is -2.57. The lowest BCUT2D eigenvalue weighted by atomic mass is 9.44. The van der Waals surface area contributed by atoms with Crippen LogP contribution in [-0.2, 0) is 4.79 Å². The Bertz CT molecular complexity index is 566. The molecular weight excluding hydrogens is 296 g/mol. The molecule has 0 saturated heterocycles. The Morgan fingerprint density at radius 1 is 1.12 bits per heavy atom. The van der Waals surface area contributed by atoms with E-state index in [-0.39, 0.29) is 16.9 Å². The summed E-state index contributed by atoms with van der Waals surface area (Å²) in [5.41, 5.74) is 1.35. The Morgan fingerprint density at radius 3 is 2.58 bits per heavy atom. The molecule has 4 rings (SSSR count). The predicted molar refractivity (Wildman–Crippen MR) is 96.4 cm³/mol. The van der Waals surface area contributed by atoms with Crippen LogP contribution >= 0.6 is 0 Å². The summed E-state index contributed by atoms with van der Waals surface area (Å²) >= 11 is 0. The van der Waals surface area contributed by atoms with Crippen LogP contribution in [0.2, 0.25) is 0 Å². The largest absolute Gasteiger partial charge is 0.393 e. The molecule has 0 amide bonds. The number of aliphatic hydroxyl groups excluding tert-OH is 1. The van der Waals surface area contributed by atoms with Crippen LogP contribution in [0.1, 0.15) is 72.1 Å². The van der Waals surface area contributed by atoms with Crippen LogP contribution in [0.5, 0.6) is 0 Å². The normalized spacial score (nSPS) is 53.9. The Kier molecular flexibility index (Phi) is 3.81. The van der Waals surface area contributed by atoms with Gasteiger partial charge in [0.1, 0.15) is 5.78 Å². The second-order valence-corrected chi connectivity index (χ2v) is 9.97. The molecule has 0 aliphatic heterocycles. The fourth-order valence-electron chi connectivity index (χ4n) is 7.73. The number of hydrogen-bond donors (Lipinski definition) is 1. The number of ketones is 1. The molecule has 0 heterocycles. The van der Waals surface area contributed by atoms with Gasteiger partial charge in [-0.25, -0.2) is 0 Å². The third-order valence-electron chi connectivity index (χ3n) is 9.10. The third-order valence-corrected chi connectivity index (χ3v) is 9.10. The third kappa shape index (κ3) is 2.08. The lowest BCUT2D eigenvalue weighted by Gasteiger charge is -2.60. The highest BCUT2D eigenvalue weighted by atomic mass is 16.3. The van der Waals surface area contributed by atoms with Crippen molar-refractivity contribution >= 4 is 5.78 Å². The minimum absolute atomic E-state index is 0.108. The minimum Gasteiger partial charge on any atom is -0.393 e. The first-order valence-electron chi connectivity index (χ1n) is 10.1. The summed E-state index contributed by atoms with van der Waals surface area (Å²) in [5.74, 6) is 3.38. The van der Waals surface area contributed by atoms with Gasteiger partial charge in [-0.1, -0.05) is 26.0 Å². The fourth-order valence-corrected chi connectivity index (χ4v) is 7.73. The first-order valence-corrected chi connectivity index (χ1v) is 10.1. The van der Waals surface area contributed by atoms with E-state index >= 15 is 0 Å². The summed E-state index contributed by atoms with van der Waals surface area (Å²) in [7, 11) is 0. The highest BCUT2D eigenvalue weighted by molar-refractivity contribution is 5.87. The van der Waals surface area contributed by atoms with E-state index in [4.69, 9.17) is 0 Å². The molecule has 3 unspecified atom stereocenters. The Hall–Kier alpha value is -0.630.